The van der Waals surface area contributed by atoms with E-state index in [-0.39, 0.29) is 5.91 Å². The second-order valence-corrected chi connectivity index (χ2v) is 4.82. The molecule has 0 bridgehead atoms. The quantitative estimate of drug-likeness (QED) is 0.650. The summed E-state index contributed by atoms with van der Waals surface area (Å²) in [5.74, 6) is 1.47. The summed E-state index contributed by atoms with van der Waals surface area (Å²) in [6.07, 6.45) is 2.68. The number of carbonyl (C=O) groups excluding carboxylic acids is 1. The lowest BCUT2D eigenvalue weighted by molar-refractivity contribution is -0.116. The molecule has 22 heavy (non-hydrogen) atoms. The molecule has 0 spiro atoms. The van der Waals surface area contributed by atoms with E-state index in [9.17, 15) is 4.79 Å². The topological polar surface area (TPSA) is 68.8 Å². The van der Waals surface area contributed by atoms with Gasteiger partial charge in [0.25, 0.3) is 0 Å². The Hall–Kier alpha value is -1.95. The van der Waals surface area contributed by atoms with Gasteiger partial charge in [-0.15, -0.1) is 0 Å². The van der Waals surface area contributed by atoms with Crippen molar-refractivity contribution in [1.82, 2.24) is 5.32 Å². The summed E-state index contributed by atoms with van der Waals surface area (Å²) in [4.78, 5) is 11.9. The zero-order valence-electron chi connectivity index (χ0n) is 13.8. The van der Waals surface area contributed by atoms with Gasteiger partial charge in [-0.2, -0.15) is 0 Å². The van der Waals surface area contributed by atoms with Crippen molar-refractivity contribution in [3.8, 4) is 17.2 Å². The van der Waals surface area contributed by atoms with Crippen LogP contribution in [-0.4, -0.2) is 40.3 Å². The number of nitrogens with one attached hydrogen (secondary N) is 2. The number of methoxy groups -OCH3 is 3. The fourth-order valence-corrected chi connectivity index (χ4v) is 2.01. The number of benzene rings is 1. The molecule has 0 aliphatic rings. The zero-order chi connectivity index (χ0) is 16.4. The molecule has 0 atom stereocenters. The standard InChI is InChI=1S/C16H26N2O4/c1-5-6-8-17-9-7-15(19)18-12-10-13(20-2)16(22-4)14(11-12)21-3/h10-11,17H,5-9H2,1-4H3,(H,18,19). The Morgan fingerprint density at radius 3 is 2.18 bits per heavy atom. The highest BCUT2D eigenvalue weighted by molar-refractivity contribution is 5.91. The van der Waals surface area contributed by atoms with Gasteiger partial charge in [0.2, 0.25) is 11.7 Å². The second-order valence-electron chi connectivity index (χ2n) is 4.82. The smallest absolute Gasteiger partial charge is 0.225 e. The SMILES string of the molecule is CCCCNCCC(=O)Nc1cc(OC)c(OC)c(OC)c1. The van der Waals surface area contributed by atoms with Gasteiger partial charge in [-0.1, -0.05) is 13.3 Å². The van der Waals surface area contributed by atoms with Crippen LogP contribution in [0.15, 0.2) is 12.1 Å². The van der Waals surface area contributed by atoms with E-state index in [1.807, 2.05) is 0 Å². The van der Waals surface area contributed by atoms with Crippen LogP contribution in [0.2, 0.25) is 0 Å². The summed E-state index contributed by atoms with van der Waals surface area (Å²) in [6.45, 7) is 3.74. The van der Waals surface area contributed by atoms with Crippen molar-refractivity contribution in [2.45, 2.75) is 26.2 Å². The van der Waals surface area contributed by atoms with Gasteiger partial charge in [-0.3, -0.25) is 4.79 Å². The number of rotatable bonds is 10. The molecular formula is C16H26N2O4. The number of anilines is 1. The monoisotopic (exact) mass is 310 g/mol. The van der Waals surface area contributed by atoms with Gasteiger partial charge in [0.05, 0.1) is 21.3 Å². The normalized spacial score (nSPS) is 10.2. The van der Waals surface area contributed by atoms with Crippen molar-refractivity contribution >= 4 is 11.6 Å². The molecule has 0 aromatic heterocycles. The first kappa shape index (κ1) is 18.1. The lowest BCUT2D eigenvalue weighted by atomic mass is 10.2. The molecule has 1 aromatic carbocycles. The highest BCUT2D eigenvalue weighted by atomic mass is 16.5. The Bertz CT molecular complexity index is 452. The first-order valence-corrected chi connectivity index (χ1v) is 7.46. The van der Waals surface area contributed by atoms with Gasteiger partial charge < -0.3 is 24.8 Å². The molecular weight excluding hydrogens is 284 g/mol. The molecule has 1 amide bonds. The summed E-state index contributed by atoms with van der Waals surface area (Å²) in [5.41, 5.74) is 0.619. The third-order valence-electron chi connectivity index (χ3n) is 3.18. The van der Waals surface area contributed by atoms with Crippen LogP contribution in [-0.2, 0) is 4.79 Å². The number of unbranched alkanes of at least 4 members (excludes halogenated alkanes) is 1. The molecule has 6 heteroatoms. The summed E-state index contributed by atoms with van der Waals surface area (Å²) < 4.78 is 15.8. The van der Waals surface area contributed by atoms with Gasteiger partial charge in [-0.05, 0) is 13.0 Å². The number of ether oxygens (including phenoxy) is 3. The molecule has 0 aliphatic carbocycles. The highest BCUT2D eigenvalue weighted by Gasteiger charge is 2.14. The Kier molecular flexibility index (Phi) is 8.14. The largest absolute Gasteiger partial charge is 0.493 e. The van der Waals surface area contributed by atoms with E-state index >= 15 is 0 Å². The van der Waals surface area contributed by atoms with E-state index < -0.39 is 0 Å². The van der Waals surface area contributed by atoms with Crippen molar-refractivity contribution in [3.63, 3.8) is 0 Å². The average Bonchev–Trinajstić information content (AvgIpc) is 2.53. The van der Waals surface area contributed by atoms with Crippen LogP contribution < -0.4 is 24.8 Å². The molecule has 0 heterocycles. The van der Waals surface area contributed by atoms with Crippen LogP contribution in [0.5, 0.6) is 17.2 Å². The molecule has 0 aliphatic heterocycles. The van der Waals surface area contributed by atoms with Crippen molar-refractivity contribution in [3.05, 3.63) is 12.1 Å². The Morgan fingerprint density at radius 2 is 1.68 bits per heavy atom. The van der Waals surface area contributed by atoms with Crippen LogP contribution in [0.25, 0.3) is 0 Å². The Labute approximate surface area is 132 Å². The van der Waals surface area contributed by atoms with Gasteiger partial charge >= 0.3 is 0 Å². The fraction of sp³-hybridized carbons (Fsp3) is 0.562. The Balaban J connectivity index is 2.63. The maximum Gasteiger partial charge on any atom is 0.225 e. The number of carbonyl (C=O) groups is 1. The van der Waals surface area contributed by atoms with Crippen molar-refractivity contribution in [2.75, 3.05) is 39.7 Å². The average molecular weight is 310 g/mol. The first-order chi connectivity index (χ1) is 10.7. The van der Waals surface area contributed by atoms with Gasteiger partial charge in [0, 0.05) is 30.8 Å². The van der Waals surface area contributed by atoms with E-state index in [0.717, 1.165) is 19.4 Å². The predicted octanol–water partition coefficient (Wildman–Crippen LogP) is 2.43. The summed E-state index contributed by atoms with van der Waals surface area (Å²) >= 11 is 0. The van der Waals surface area contributed by atoms with Crippen molar-refractivity contribution in [1.29, 1.82) is 0 Å². The van der Waals surface area contributed by atoms with Gasteiger partial charge in [0.15, 0.2) is 11.5 Å². The molecule has 124 valence electrons. The zero-order valence-corrected chi connectivity index (χ0v) is 13.8. The van der Waals surface area contributed by atoms with Crippen LogP contribution in [0, 0.1) is 0 Å². The lowest BCUT2D eigenvalue weighted by Crippen LogP contribution is -2.22. The molecule has 1 aromatic rings. The van der Waals surface area contributed by atoms with Crippen molar-refractivity contribution in [2.24, 2.45) is 0 Å². The number of hydrogen-bond acceptors (Lipinski definition) is 5. The first-order valence-electron chi connectivity index (χ1n) is 7.46. The Morgan fingerprint density at radius 1 is 1.05 bits per heavy atom. The van der Waals surface area contributed by atoms with E-state index in [0.29, 0.717) is 35.9 Å². The molecule has 2 N–H and O–H groups in total. The van der Waals surface area contributed by atoms with Crippen LogP contribution in [0.4, 0.5) is 5.69 Å². The lowest BCUT2D eigenvalue weighted by Gasteiger charge is -2.14. The molecule has 1 rings (SSSR count). The molecule has 0 unspecified atom stereocenters. The summed E-state index contributed by atoms with van der Waals surface area (Å²) in [6, 6.07) is 3.42. The van der Waals surface area contributed by atoms with Crippen molar-refractivity contribution < 1.29 is 19.0 Å². The minimum absolute atomic E-state index is 0.0572. The highest BCUT2D eigenvalue weighted by Crippen LogP contribution is 2.39. The van der Waals surface area contributed by atoms with Crippen LogP contribution in [0.1, 0.15) is 26.2 Å². The minimum atomic E-state index is -0.0572. The number of amides is 1. The number of hydrogen-bond donors (Lipinski definition) is 2. The van der Waals surface area contributed by atoms with E-state index in [4.69, 9.17) is 14.2 Å². The third kappa shape index (κ3) is 5.44. The molecule has 0 saturated heterocycles. The second kappa shape index (κ2) is 9.89. The van der Waals surface area contributed by atoms with E-state index in [1.54, 1.807) is 33.5 Å². The predicted molar refractivity (Wildman–Crippen MR) is 87.1 cm³/mol. The molecule has 6 nitrogen and oxygen atoms in total. The minimum Gasteiger partial charge on any atom is -0.493 e. The van der Waals surface area contributed by atoms with E-state index in [1.165, 1.54) is 0 Å². The van der Waals surface area contributed by atoms with Crippen LogP contribution >= 0.6 is 0 Å². The molecule has 0 saturated carbocycles. The third-order valence-corrected chi connectivity index (χ3v) is 3.18. The summed E-state index contributed by atoms with van der Waals surface area (Å²) in [7, 11) is 4.63. The van der Waals surface area contributed by atoms with Gasteiger partial charge in [0.1, 0.15) is 0 Å². The van der Waals surface area contributed by atoms with Crippen LogP contribution in [0.3, 0.4) is 0 Å². The summed E-state index contributed by atoms with van der Waals surface area (Å²) in [5, 5.41) is 6.08. The van der Waals surface area contributed by atoms with Gasteiger partial charge in [-0.25, -0.2) is 0 Å². The molecule has 0 fully saturated rings. The maximum absolute atomic E-state index is 11.9. The maximum atomic E-state index is 11.9. The fourth-order valence-electron chi connectivity index (χ4n) is 2.01. The molecule has 0 radical (unpaired) electrons. The van der Waals surface area contributed by atoms with E-state index in [2.05, 4.69) is 17.6 Å².